The van der Waals surface area contributed by atoms with Crippen LogP contribution in [0.4, 0.5) is 0 Å². The van der Waals surface area contributed by atoms with E-state index in [0.717, 1.165) is 77.5 Å². The van der Waals surface area contributed by atoms with E-state index in [1.807, 2.05) is 48.5 Å². The minimum Gasteiger partial charge on any atom is -0.508 e. The second-order valence-corrected chi connectivity index (χ2v) is 21.3. The molecule has 0 aromatic heterocycles. The van der Waals surface area contributed by atoms with Crippen molar-refractivity contribution in [2.75, 3.05) is 19.7 Å². The molecular formula is C58H73N7O17. The van der Waals surface area contributed by atoms with Crippen LogP contribution in [0.5, 0.6) is 11.5 Å². The maximum atomic E-state index is 14.5. The van der Waals surface area contributed by atoms with Gasteiger partial charge in [-0.05, 0) is 84.5 Å². The SMILES string of the molecule is CCCCCOc1ccc(-c2ccc(-c3ccc(C(=O)N[C@H]4C[C@@H](O)[C@H](O)NC(=O)[C@@H]5[C@@H](O)[C@@H](C)CN5C(=O)[C@H]([C@@H](C)O)NC(=O)[C@H]([C@H](O)[C@@H](O)c5ccc(O)cc5)NC(=O)[C@@H]5C[C@@H](O)CN5C(=O)[C@H]([C@@H](C)O)NC4=O)cc3)cc2)cc1. The molecule has 0 spiro atoms. The number of amides is 7. The van der Waals surface area contributed by atoms with E-state index in [4.69, 9.17) is 4.74 Å². The fourth-order valence-electron chi connectivity index (χ4n) is 10.2. The smallest absolute Gasteiger partial charge is 0.251 e. The highest BCUT2D eigenvalue weighted by molar-refractivity contribution is 6.00. The van der Waals surface area contributed by atoms with Crippen molar-refractivity contribution in [3.8, 4) is 33.8 Å². The first-order valence-corrected chi connectivity index (χ1v) is 27.3. The number of hydrogen-bond acceptors (Lipinski definition) is 17. The first-order chi connectivity index (χ1) is 39.0. The number of nitrogens with zero attached hydrogens (tertiary/aromatic N) is 2. The number of aliphatic hydroxyl groups excluding tert-OH is 8. The summed E-state index contributed by atoms with van der Waals surface area (Å²) in [6.07, 6.45) is -13.6. The molecule has 14 N–H and O–H groups in total. The normalized spacial score (nSPS) is 27.5. The highest BCUT2D eigenvalue weighted by atomic mass is 16.5. The molecule has 0 bridgehead atoms. The van der Waals surface area contributed by atoms with Gasteiger partial charge in [-0.1, -0.05) is 87.4 Å². The first kappa shape index (κ1) is 62.1. The van der Waals surface area contributed by atoms with Crippen LogP contribution in [-0.2, 0) is 28.8 Å². The number of phenolic OH excluding ortho intramolecular Hbond substituents is 1. The molecule has 3 aliphatic heterocycles. The molecule has 3 heterocycles. The van der Waals surface area contributed by atoms with Gasteiger partial charge >= 0.3 is 0 Å². The largest absolute Gasteiger partial charge is 0.508 e. The summed E-state index contributed by atoms with van der Waals surface area (Å²) in [7, 11) is 0. The van der Waals surface area contributed by atoms with Crippen LogP contribution in [0.15, 0.2) is 97.1 Å². The minimum atomic E-state index is -2.29. The zero-order valence-corrected chi connectivity index (χ0v) is 45.7. The Balaban J connectivity index is 1.18. The van der Waals surface area contributed by atoms with Crippen molar-refractivity contribution >= 4 is 41.4 Å². The fourth-order valence-corrected chi connectivity index (χ4v) is 10.2. The Labute approximate surface area is 473 Å². The predicted octanol–water partition coefficient (Wildman–Crippen LogP) is -0.927. The molecular weight excluding hydrogens is 1070 g/mol. The minimum absolute atomic E-state index is 0.00973. The lowest BCUT2D eigenvalue weighted by molar-refractivity contribution is -0.148. The van der Waals surface area contributed by atoms with Crippen LogP contribution >= 0.6 is 0 Å². The molecule has 0 aliphatic carbocycles. The first-order valence-electron chi connectivity index (χ1n) is 27.3. The van der Waals surface area contributed by atoms with Crippen molar-refractivity contribution in [3.05, 3.63) is 108 Å². The molecule has 3 fully saturated rings. The van der Waals surface area contributed by atoms with Gasteiger partial charge in [0.2, 0.25) is 35.4 Å². The topological polar surface area (TPSA) is 377 Å². The number of fused-ring (bicyclic) bond motifs is 2. The second-order valence-electron chi connectivity index (χ2n) is 21.3. The number of carbonyl (C=O) groups is 7. The van der Waals surface area contributed by atoms with E-state index in [1.165, 1.54) is 31.2 Å². The summed E-state index contributed by atoms with van der Waals surface area (Å²) in [6, 6.07) is 14.7. The molecule has 3 aliphatic rings. The van der Waals surface area contributed by atoms with Gasteiger partial charge in [0.15, 0.2) is 6.23 Å². The van der Waals surface area contributed by atoms with Gasteiger partial charge in [0.05, 0.1) is 31.0 Å². The summed E-state index contributed by atoms with van der Waals surface area (Å²) in [5, 5.41) is 111. The summed E-state index contributed by atoms with van der Waals surface area (Å²) < 4.78 is 5.84. The van der Waals surface area contributed by atoms with E-state index in [-0.39, 0.29) is 23.4 Å². The Morgan fingerprint density at radius 2 is 1.16 bits per heavy atom. The van der Waals surface area contributed by atoms with Gasteiger partial charge in [0.1, 0.15) is 66.1 Å². The monoisotopic (exact) mass is 1140 g/mol. The molecule has 7 rings (SSSR count). The van der Waals surface area contributed by atoms with Crippen LogP contribution in [-0.4, -0.2) is 196 Å². The average molecular weight is 1140 g/mol. The van der Waals surface area contributed by atoms with E-state index >= 15 is 0 Å². The molecule has 4 aromatic rings. The highest BCUT2D eigenvalue weighted by Gasteiger charge is 2.50. The van der Waals surface area contributed by atoms with Crippen molar-refractivity contribution in [2.24, 2.45) is 5.92 Å². The van der Waals surface area contributed by atoms with Crippen molar-refractivity contribution in [2.45, 2.75) is 145 Å². The van der Waals surface area contributed by atoms with Crippen LogP contribution in [0.3, 0.4) is 0 Å². The lowest BCUT2D eigenvalue weighted by Crippen LogP contribution is -2.64. The Hall–Kier alpha value is -7.55. The predicted molar refractivity (Wildman–Crippen MR) is 293 cm³/mol. The number of phenols is 1. The van der Waals surface area contributed by atoms with Crippen LogP contribution in [0.2, 0.25) is 0 Å². The van der Waals surface area contributed by atoms with Crippen molar-refractivity contribution < 1.29 is 84.3 Å². The number of hydrogen-bond donors (Lipinski definition) is 14. The van der Waals surface area contributed by atoms with Crippen molar-refractivity contribution in [3.63, 3.8) is 0 Å². The Bertz CT molecular complexity index is 2880. The van der Waals surface area contributed by atoms with Crippen LogP contribution in [0.25, 0.3) is 22.3 Å². The molecule has 0 unspecified atom stereocenters. The quantitative estimate of drug-likeness (QED) is 0.0679. The maximum Gasteiger partial charge on any atom is 0.251 e. The number of carbonyl (C=O) groups excluding carboxylic acids is 7. The summed E-state index contributed by atoms with van der Waals surface area (Å²) in [6.45, 7) is 5.47. The molecule has 24 nitrogen and oxygen atoms in total. The van der Waals surface area contributed by atoms with Crippen molar-refractivity contribution in [1.29, 1.82) is 0 Å². The van der Waals surface area contributed by atoms with Gasteiger partial charge in [-0.2, -0.15) is 0 Å². The number of aliphatic hydroxyl groups is 8. The van der Waals surface area contributed by atoms with Gasteiger partial charge < -0.3 is 87.1 Å². The molecule has 7 amide bonds. The number of ether oxygens (including phenoxy) is 1. The third-order valence-corrected chi connectivity index (χ3v) is 15.0. The lowest BCUT2D eigenvalue weighted by Gasteiger charge is -2.34. The Morgan fingerprint density at radius 1 is 0.634 bits per heavy atom. The van der Waals surface area contributed by atoms with Gasteiger partial charge in [0.25, 0.3) is 5.91 Å². The molecule has 0 saturated carbocycles. The lowest BCUT2D eigenvalue weighted by atomic mass is 9.96. The summed E-state index contributed by atoms with van der Waals surface area (Å²) in [5.41, 5.74) is 3.37. The Kier molecular flexibility index (Phi) is 20.8. The van der Waals surface area contributed by atoms with E-state index in [1.54, 1.807) is 12.1 Å². The van der Waals surface area contributed by atoms with Crippen LogP contribution in [0.1, 0.15) is 81.8 Å². The Morgan fingerprint density at radius 3 is 1.72 bits per heavy atom. The fraction of sp³-hybridized carbons (Fsp3) is 0.466. The maximum absolute atomic E-state index is 14.5. The van der Waals surface area contributed by atoms with E-state index < -0.39 is 152 Å². The molecule has 4 aromatic carbocycles. The molecule has 15 atom stereocenters. The number of unbranched alkanes of at least 4 members (excludes halogenated alkanes) is 2. The zero-order chi connectivity index (χ0) is 59.7. The number of aromatic hydroxyl groups is 1. The van der Waals surface area contributed by atoms with Gasteiger partial charge in [0, 0.05) is 37.4 Å². The van der Waals surface area contributed by atoms with E-state index in [9.17, 15) is 79.5 Å². The number of nitrogens with one attached hydrogen (secondary N) is 5. The highest BCUT2D eigenvalue weighted by Crippen LogP contribution is 2.30. The summed E-state index contributed by atoms with van der Waals surface area (Å²) in [4.78, 5) is 102. The van der Waals surface area contributed by atoms with Gasteiger partial charge in [-0.25, -0.2) is 0 Å². The summed E-state index contributed by atoms with van der Waals surface area (Å²) in [5.74, 6) is -8.67. The third-order valence-electron chi connectivity index (χ3n) is 15.0. The van der Waals surface area contributed by atoms with Crippen LogP contribution < -0.4 is 31.3 Å². The molecule has 0 radical (unpaired) electrons. The number of benzene rings is 4. The zero-order valence-electron chi connectivity index (χ0n) is 45.7. The molecule has 3 saturated heterocycles. The molecule has 82 heavy (non-hydrogen) atoms. The van der Waals surface area contributed by atoms with E-state index in [2.05, 4.69) is 33.5 Å². The summed E-state index contributed by atoms with van der Waals surface area (Å²) >= 11 is 0. The third kappa shape index (κ3) is 14.7. The van der Waals surface area contributed by atoms with Crippen molar-refractivity contribution in [1.82, 2.24) is 36.4 Å². The second kappa shape index (κ2) is 27.5. The average Bonchev–Trinajstić information content (AvgIpc) is 4.06. The molecule has 24 heteroatoms. The number of rotatable bonds is 14. The van der Waals surface area contributed by atoms with E-state index in [0.29, 0.717) is 12.2 Å². The van der Waals surface area contributed by atoms with Gasteiger partial charge in [-0.15, -0.1) is 0 Å². The van der Waals surface area contributed by atoms with Gasteiger partial charge in [-0.3, -0.25) is 33.6 Å². The standard InChI is InChI=1S/C58H73N7O17/c1-5-6-7-24-82-40-22-18-35(19-23-40)33-10-8-32(9-11-33)34-12-14-37(15-13-34)51(74)59-41-26-43(70)54(77)63-56(79)47-48(71)29(2)27-65(47)58(81)45(31(4)67)61-55(78)46(50(73)49(72)36-16-20-38(68)21-17-36)62-53(76)42-25-39(69)28-64(42)57(80)44(30(3)66)60-52(41)75/h8-23,29-31,39,41-50,54,66-73,77H,5-7,24-28H2,1-4H3,(H,59,74)(H,60,75)(H,61,78)(H,62,76)(H,63,79)/t29-,30+,31+,39+,41-,42-,43+,44-,45-,46-,47-,48-,49-,50-,54-/m0/s1. The van der Waals surface area contributed by atoms with Crippen LogP contribution in [0, 0.1) is 5.92 Å². The molecule has 442 valence electrons.